The fraction of sp³-hybridized carbons (Fsp3) is 0.870. The largest absolute Gasteiger partial charge is 0.361 e. The molecule has 1 aromatic rings. The molecule has 0 radical (unpaired) electrons. The van der Waals surface area contributed by atoms with Crippen molar-refractivity contribution in [2.45, 2.75) is 113 Å². The van der Waals surface area contributed by atoms with Crippen molar-refractivity contribution in [3.05, 3.63) is 17.5 Å². The summed E-state index contributed by atoms with van der Waals surface area (Å²) in [6.45, 7) is 2.42. The molecule has 4 rings (SSSR count). The minimum Gasteiger partial charge on any atom is -0.361 e. The molecule has 1 saturated heterocycles. The Kier molecular flexibility index (Phi) is 7.59. The Morgan fingerprint density at radius 2 is 1.41 bits per heavy atom. The standard InChI is InChI=1S/C23H38N2OS/c1-2-6-11-19(12-7-3-1)23-17-22(24-26-23)20-13-10-16-25(18-20)27-21-14-8-4-5-9-15-21/h17,19-21H,1-16,18H2. The molecule has 27 heavy (non-hydrogen) atoms. The molecule has 3 fully saturated rings. The van der Waals surface area contributed by atoms with E-state index < -0.39 is 0 Å². The van der Waals surface area contributed by atoms with E-state index in [1.54, 1.807) is 0 Å². The van der Waals surface area contributed by atoms with Crippen LogP contribution >= 0.6 is 11.9 Å². The second-order valence-electron chi connectivity index (χ2n) is 9.14. The van der Waals surface area contributed by atoms with E-state index in [-0.39, 0.29) is 0 Å². The van der Waals surface area contributed by atoms with E-state index in [4.69, 9.17) is 4.52 Å². The van der Waals surface area contributed by atoms with Crippen molar-refractivity contribution in [3.8, 4) is 0 Å². The molecule has 1 aromatic heterocycles. The Bertz CT molecular complexity index is 544. The summed E-state index contributed by atoms with van der Waals surface area (Å²) in [5.74, 6) is 2.37. The van der Waals surface area contributed by atoms with Crippen molar-refractivity contribution in [3.63, 3.8) is 0 Å². The van der Waals surface area contributed by atoms with Gasteiger partial charge in [0, 0.05) is 36.2 Å². The van der Waals surface area contributed by atoms with E-state index in [0.717, 1.165) is 11.8 Å². The van der Waals surface area contributed by atoms with Crippen LogP contribution in [0.15, 0.2) is 10.6 Å². The maximum absolute atomic E-state index is 5.88. The Hall–Kier alpha value is -0.480. The normalized spacial score (nSPS) is 27.8. The van der Waals surface area contributed by atoms with Crippen LogP contribution in [0.2, 0.25) is 0 Å². The highest BCUT2D eigenvalue weighted by Crippen LogP contribution is 2.37. The fourth-order valence-electron chi connectivity index (χ4n) is 5.27. The maximum atomic E-state index is 5.88. The van der Waals surface area contributed by atoms with Crippen molar-refractivity contribution >= 4 is 11.9 Å². The van der Waals surface area contributed by atoms with Gasteiger partial charge in [-0.2, -0.15) is 0 Å². The minimum absolute atomic E-state index is 0.572. The van der Waals surface area contributed by atoms with Gasteiger partial charge < -0.3 is 4.52 Å². The zero-order chi connectivity index (χ0) is 18.3. The van der Waals surface area contributed by atoms with Gasteiger partial charge in [0.2, 0.25) is 0 Å². The minimum atomic E-state index is 0.572. The summed E-state index contributed by atoms with van der Waals surface area (Å²) < 4.78 is 8.54. The van der Waals surface area contributed by atoms with Gasteiger partial charge in [0.25, 0.3) is 0 Å². The summed E-state index contributed by atoms with van der Waals surface area (Å²) in [6.07, 6.45) is 20.7. The van der Waals surface area contributed by atoms with Crippen molar-refractivity contribution < 1.29 is 4.52 Å². The Balaban J connectivity index is 1.33. The lowest BCUT2D eigenvalue weighted by atomic mass is 9.88. The van der Waals surface area contributed by atoms with Crippen LogP contribution in [0.1, 0.15) is 120 Å². The van der Waals surface area contributed by atoms with Gasteiger partial charge in [-0.3, -0.25) is 0 Å². The van der Waals surface area contributed by atoms with Crippen LogP contribution in [-0.2, 0) is 0 Å². The van der Waals surface area contributed by atoms with E-state index in [2.05, 4.69) is 27.5 Å². The number of hydrogen-bond donors (Lipinski definition) is 0. The van der Waals surface area contributed by atoms with Crippen LogP contribution in [0.25, 0.3) is 0 Å². The third kappa shape index (κ3) is 5.76. The Morgan fingerprint density at radius 3 is 2.15 bits per heavy atom. The number of nitrogens with zero attached hydrogens (tertiary/aromatic N) is 2. The molecular formula is C23H38N2OS. The van der Waals surface area contributed by atoms with Crippen LogP contribution < -0.4 is 0 Å². The van der Waals surface area contributed by atoms with E-state index in [1.807, 2.05) is 0 Å². The van der Waals surface area contributed by atoms with Crippen molar-refractivity contribution in [2.75, 3.05) is 13.1 Å². The lowest BCUT2D eigenvalue weighted by molar-refractivity contribution is 0.306. The molecule has 152 valence electrons. The van der Waals surface area contributed by atoms with Crippen LogP contribution in [0.5, 0.6) is 0 Å². The molecule has 0 N–H and O–H groups in total. The average molecular weight is 391 g/mol. The molecular weight excluding hydrogens is 352 g/mol. The second kappa shape index (κ2) is 10.3. The molecule has 1 atom stereocenters. The predicted molar refractivity (Wildman–Crippen MR) is 114 cm³/mol. The van der Waals surface area contributed by atoms with Gasteiger partial charge in [-0.1, -0.05) is 74.9 Å². The van der Waals surface area contributed by atoms with Gasteiger partial charge in [-0.15, -0.1) is 0 Å². The quantitative estimate of drug-likeness (QED) is 0.407. The van der Waals surface area contributed by atoms with E-state index in [9.17, 15) is 0 Å². The first-order chi connectivity index (χ1) is 13.4. The summed E-state index contributed by atoms with van der Waals surface area (Å²) >= 11 is 2.17. The van der Waals surface area contributed by atoms with Gasteiger partial charge in [-0.25, -0.2) is 4.31 Å². The highest BCUT2D eigenvalue weighted by Gasteiger charge is 2.28. The van der Waals surface area contributed by atoms with Crippen molar-refractivity contribution in [2.24, 2.45) is 0 Å². The highest BCUT2D eigenvalue weighted by atomic mass is 32.2. The molecule has 0 aromatic carbocycles. The molecule has 3 nitrogen and oxygen atoms in total. The van der Waals surface area contributed by atoms with Crippen molar-refractivity contribution in [1.29, 1.82) is 0 Å². The molecule has 0 spiro atoms. The SMILES string of the molecule is c1c(C2CCCN(SC3CCCCCC3)C2)noc1C1CCCCCCC1. The van der Waals surface area contributed by atoms with Crippen molar-refractivity contribution in [1.82, 2.24) is 9.46 Å². The first-order valence-corrected chi connectivity index (χ1v) is 12.6. The summed E-state index contributed by atoms with van der Waals surface area (Å²) in [4.78, 5) is 0. The summed E-state index contributed by atoms with van der Waals surface area (Å²) in [5.41, 5.74) is 1.23. The number of rotatable bonds is 4. The summed E-state index contributed by atoms with van der Waals surface area (Å²) in [5, 5.41) is 5.41. The first kappa shape index (κ1) is 19.8. The lowest BCUT2D eigenvalue weighted by Crippen LogP contribution is -2.31. The molecule has 2 saturated carbocycles. The molecule has 2 aliphatic carbocycles. The van der Waals surface area contributed by atoms with Crippen LogP contribution in [0, 0.1) is 0 Å². The van der Waals surface area contributed by atoms with Gasteiger partial charge in [-0.05, 0) is 38.5 Å². The highest BCUT2D eigenvalue weighted by molar-refractivity contribution is 7.97. The molecule has 1 aliphatic heterocycles. The molecule has 0 bridgehead atoms. The predicted octanol–water partition coefficient (Wildman–Crippen LogP) is 7.05. The third-order valence-electron chi connectivity index (χ3n) is 6.96. The van der Waals surface area contributed by atoms with E-state index >= 15 is 0 Å². The number of piperidine rings is 1. The first-order valence-electron chi connectivity index (χ1n) is 11.8. The molecule has 3 aliphatic rings. The number of aromatic nitrogens is 1. The lowest BCUT2D eigenvalue weighted by Gasteiger charge is -2.33. The van der Waals surface area contributed by atoms with E-state index in [1.165, 1.54) is 114 Å². The molecule has 1 unspecified atom stereocenters. The number of hydrogen-bond acceptors (Lipinski definition) is 4. The third-order valence-corrected chi connectivity index (χ3v) is 8.36. The second-order valence-corrected chi connectivity index (χ2v) is 10.5. The molecule has 4 heteroatoms. The summed E-state index contributed by atoms with van der Waals surface area (Å²) in [6, 6.07) is 2.33. The van der Waals surface area contributed by atoms with Gasteiger partial charge >= 0.3 is 0 Å². The maximum Gasteiger partial charge on any atom is 0.140 e. The smallest absolute Gasteiger partial charge is 0.140 e. The van der Waals surface area contributed by atoms with Gasteiger partial charge in [0.05, 0.1) is 5.69 Å². The van der Waals surface area contributed by atoms with Gasteiger partial charge in [0.1, 0.15) is 5.76 Å². The average Bonchev–Trinajstić information content (AvgIpc) is 3.00. The van der Waals surface area contributed by atoms with Crippen LogP contribution in [-0.4, -0.2) is 27.8 Å². The summed E-state index contributed by atoms with van der Waals surface area (Å²) in [7, 11) is 0. The van der Waals surface area contributed by atoms with Crippen LogP contribution in [0.4, 0.5) is 0 Å². The Morgan fingerprint density at radius 1 is 0.778 bits per heavy atom. The topological polar surface area (TPSA) is 29.3 Å². The monoisotopic (exact) mass is 390 g/mol. The Labute approximate surface area is 170 Å². The fourth-order valence-corrected chi connectivity index (χ4v) is 6.73. The zero-order valence-corrected chi connectivity index (χ0v) is 17.9. The molecule has 0 amide bonds. The van der Waals surface area contributed by atoms with Gasteiger partial charge in [0.15, 0.2) is 0 Å². The van der Waals surface area contributed by atoms with Crippen LogP contribution in [0.3, 0.4) is 0 Å². The zero-order valence-electron chi connectivity index (χ0n) is 17.0. The van der Waals surface area contributed by atoms with E-state index in [0.29, 0.717) is 11.8 Å². The molecule has 2 heterocycles.